The van der Waals surface area contributed by atoms with Crippen LogP contribution in [0.5, 0.6) is 11.5 Å². The van der Waals surface area contributed by atoms with E-state index in [9.17, 15) is 0 Å². The van der Waals surface area contributed by atoms with Crippen molar-refractivity contribution in [1.82, 2.24) is 0 Å². The van der Waals surface area contributed by atoms with Crippen LogP contribution in [0.2, 0.25) is 5.02 Å². The van der Waals surface area contributed by atoms with E-state index in [0.717, 1.165) is 38.9 Å². The van der Waals surface area contributed by atoms with Crippen molar-refractivity contribution in [1.29, 1.82) is 0 Å². The molecule has 2 N–H and O–H groups in total. The third kappa shape index (κ3) is 2.59. The summed E-state index contributed by atoms with van der Waals surface area (Å²) >= 11 is 6.01. The van der Waals surface area contributed by atoms with Crippen molar-refractivity contribution in [2.24, 2.45) is 0 Å². The molecule has 0 saturated carbocycles. The number of aryl methyl sites for hydroxylation is 3. The molecule has 0 bridgehead atoms. The molecule has 94 valence electrons. The molecule has 0 radical (unpaired) electrons. The molecule has 0 atom stereocenters. The van der Waals surface area contributed by atoms with E-state index in [1.54, 1.807) is 0 Å². The Hall–Kier alpha value is -1.67. The average Bonchev–Trinajstić information content (AvgIpc) is 2.25. The fourth-order valence-corrected chi connectivity index (χ4v) is 2.28. The molecule has 0 saturated heterocycles. The van der Waals surface area contributed by atoms with Gasteiger partial charge < -0.3 is 10.5 Å². The Morgan fingerprint density at radius 2 is 1.56 bits per heavy atom. The normalized spacial score (nSPS) is 10.4. The maximum Gasteiger partial charge on any atom is 0.133 e. The van der Waals surface area contributed by atoms with Crippen LogP contribution < -0.4 is 10.5 Å². The van der Waals surface area contributed by atoms with E-state index in [0.29, 0.717) is 0 Å². The zero-order valence-electron chi connectivity index (χ0n) is 10.8. The summed E-state index contributed by atoms with van der Waals surface area (Å²) in [5, 5.41) is 0.728. The van der Waals surface area contributed by atoms with Crippen LogP contribution in [0, 0.1) is 20.8 Å². The van der Waals surface area contributed by atoms with Crippen molar-refractivity contribution in [3.63, 3.8) is 0 Å². The Morgan fingerprint density at radius 3 is 2.11 bits per heavy atom. The van der Waals surface area contributed by atoms with E-state index in [2.05, 4.69) is 0 Å². The minimum Gasteiger partial charge on any atom is -0.457 e. The van der Waals surface area contributed by atoms with Gasteiger partial charge in [0.05, 0.1) is 0 Å². The van der Waals surface area contributed by atoms with Crippen LogP contribution in [0.1, 0.15) is 16.7 Å². The van der Waals surface area contributed by atoms with E-state index < -0.39 is 0 Å². The van der Waals surface area contributed by atoms with E-state index in [1.807, 2.05) is 51.1 Å². The minimum absolute atomic E-state index is 0.728. The molecule has 0 unspecified atom stereocenters. The van der Waals surface area contributed by atoms with Crippen molar-refractivity contribution in [3.05, 3.63) is 52.0 Å². The number of nitrogen functional groups attached to an aromatic ring is 1. The van der Waals surface area contributed by atoms with Crippen LogP contribution >= 0.6 is 11.6 Å². The molecule has 0 aliphatic carbocycles. The fourth-order valence-electron chi connectivity index (χ4n) is 1.96. The van der Waals surface area contributed by atoms with Crippen LogP contribution in [-0.4, -0.2) is 0 Å². The fraction of sp³-hybridized carbons (Fsp3) is 0.200. The van der Waals surface area contributed by atoms with Gasteiger partial charge in [0.25, 0.3) is 0 Å². The number of nitrogens with two attached hydrogens (primary N) is 1. The molecule has 3 heteroatoms. The lowest BCUT2D eigenvalue weighted by Gasteiger charge is -2.14. The topological polar surface area (TPSA) is 35.2 Å². The Bertz CT molecular complexity index is 570. The van der Waals surface area contributed by atoms with Gasteiger partial charge in [-0.05, 0) is 67.8 Å². The molecule has 0 heterocycles. The van der Waals surface area contributed by atoms with Gasteiger partial charge in [-0.3, -0.25) is 0 Å². The van der Waals surface area contributed by atoms with Crippen molar-refractivity contribution in [2.75, 3.05) is 5.73 Å². The van der Waals surface area contributed by atoms with Gasteiger partial charge in [-0.25, -0.2) is 0 Å². The molecule has 0 aromatic heterocycles. The summed E-state index contributed by atoms with van der Waals surface area (Å²) in [5.41, 5.74) is 9.53. The third-order valence-corrected chi connectivity index (χ3v) is 3.05. The van der Waals surface area contributed by atoms with Crippen molar-refractivity contribution >= 4 is 17.3 Å². The number of ether oxygens (including phenoxy) is 1. The van der Waals surface area contributed by atoms with E-state index in [4.69, 9.17) is 22.1 Å². The number of rotatable bonds is 2. The second kappa shape index (κ2) is 4.91. The van der Waals surface area contributed by atoms with Crippen molar-refractivity contribution in [3.8, 4) is 11.5 Å². The van der Waals surface area contributed by atoms with Crippen molar-refractivity contribution in [2.45, 2.75) is 20.8 Å². The number of anilines is 1. The zero-order valence-corrected chi connectivity index (χ0v) is 11.5. The molecule has 0 fully saturated rings. The average molecular weight is 262 g/mol. The molecule has 2 nitrogen and oxygen atoms in total. The molecule has 2 rings (SSSR count). The second-order valence-corrected chi connectivity index (χ2v) is 4.93. The summed E-state index contributed by atoms with van der Waals surface area (Å²) in [6, 6.07) is 9.42. The summed E-state index contributed by atoms with van der Waals surface area (Å²) in [6.45, 7) is 5.95. The van der Waals surface area contributed by atoms with Crippen LogP contribution in [0.3, 0.4) is 0 Å². The molecule has 0 amide bonds. The quantitative estimate of drug-likeness (QED) is 0.800. The number of halogens is 1. The summed E-state index contributed by atoms with van der Waals surface area (Å²) in [5.74, 6) is 1.67. The molecular formula is C15H16ClNO. The molecule has 0 aliphatic heterocycles. The first kappa shape index (κ1) is 12.8. The second-order valence-electron chi connectivity index (χ2n) is 4.50. The van der Waals surface area contributed by atoms with Gasteiger partial charge in [-0.2, -0.15) is 0 Å². The highest BCUT2D eigenvalue weighted by Crippen LogP contribution is 2.33. The zero-order chi connectivity index (χ0) is 13.3. The Labute approximate surface area is 112 Å². The van der Waals surface area contributed by atoms with Gasteiger partial charge in [-0.1, -0.05) is 11.6 Å². The Balaban J connectivity index is 2.40. The minimum atomic E-state index is 0.728. The number of benzene rings is 2. The maximum absolute atomic E-state index is 6.01. The summed E-state index contributed by atoms with van der Waals surface area (Å²) in [7, 11) is 0. The Kier molecular flexibility index (Phi) is 3.48. The van der Waals surface area contributed by atoms with Crippen LogP contribution in [0.15, 0.2) is 30.3 Å². The van der Waals surface area contributed by atoms with Crippen molar-refractivity contribution < 1.29 is 4.74 Å². The monoisotopic (exact) mass is 261 g/mol. The van der Waals surface area contributed by atoms with Crippen LogP contribution in [-0.2, 0) is 0 Å². The lowest BCUT2D eigenvalue weighted by molar-refractivity contribution is 0.471. The molecular weight excluding hydrogens is 246 g/mol. The first-order valence-corrected chi connectivity index (χ1v) is 6.16. The van der Waals surface area contributed by atoms with Crippen LogP contribution in [0.25, 0.3) is 0 Å². The Morgan fingerprint density at radius 1 is 0.944 bits per heavy atom. The first-order chi connectivity index (χ1) is 8.47. The summed E-state index contributed by atoms with van der Waals surface area (Å²) in [6.07, 6.45) is 0. The van der Waals surface area contributed by atoms with Gasteiger partial charge in [-0.15, -0.1) is 0 Å². The molecule has 2 aromatic carbocycles. The smallest absolute Gasteiger partial charge is 0.133 e. The van der Waals surface area contributed by atoms with Gasteiger partial charge in [0, 0.05) is 10.7 Å². The molecule has 2 aromatic rings. The van der Waals surface area contributed by atoms with Gasteiger partial charge >= 0.3 is 0 Å². The van der Waals surface area contributed by atoms with Gasteiger partial charge in [0.15, 0.2) is 0 Å². The van der Waals surface area contributed by atoms with E-state index in [1.165, 1.54) is 0 Å². The summed E-state index contributed by atoms with van der Waals surface area (Å²) < 4.78 is 5.97. The van der Waals surface area contributed by atoms with E-state index in [-0.39, 0.29) is 0 Å². The predicted octanol–water partition coefficient (Wildman–Crippen LogP) is 4.64. The van der Waals surface area contributed by atoms with Crippen LogP contribution in [0.4, 0.5) is 5.69 Å². The first-order valence-electron chi connectivity index (χ1n) is 5.78. The third-order valence-electron chi connectivity index (χ3n) is 2.84. The van der Waals surface area contributed by atoms with Gasteiger partial charge in [0.2, 0.25) is 0 Å². The SMILES string of the molecule is Cc1cc(N)ccc1Oc1c(C)cc(Cl)cc1C. The highest BCUT2D eigenvalue weighted by atomic mass is 35.5. The molecule has 18 heavy (non-hydrogen) atoms. The van der Waals surface area contributed by atoms with E-state index >= 15 is 0 Å². The highest BCUT2D eigenvalue weighted by Gasteiger charge is 2.08. The largest absolute Gasteiger partial charge is 0.457 e. The molecule has 0 spiro atoms. The summed E-state index contributed by atoms with van der Waals surface area (Å²) in [4.78, 5) is 0. The molecule has 0 aliphatic rings. The van der Waals surface area contributed by atoms with Gasteiger partial charge in [0.1, 0.15) is 11.5 Å². The predicted molar refractivity (Wildman–Crippen MR) is 76.6 cm³/mol. The maximum atomic E-state index is 6.01. The number of hydrogen-bond donors (Lipinski definition) is 1. The lowest BCUT2D eigenvalue weighted by atomic mass is 10.1. The number of hydrogen-bond acceptors (Lipinski definition) is 2. The lowest BCUT2D eigenvalue weighted by Crippen LogP contribution is -1.94. The highest BCUT2D eigenvalue weighted by molar-refractivity contribution is 6.30. The standard InChI is InChI=1S/C15H16ClNO/c1-9-8-13(17)4-5-14(9)18-15-10(2)6-12(16)7-11(15)3/h4-8H,17H2,1-3H3.